The number of unbranched alkanes of at least 4 members (excludes halogenated alkanes) is 2. The highest BCUT2D eigenvalue weighted by molar-refractivity contribution is 5.92. The van der Waals surface area contributed by atoms with Crippen molar-refractivity contribution >= 4 is 11.7 Å². The third-order valence-corrected chi connectivity index (χ3v) is 2.49. The maximum absolute atomic E-state index is 11.8. The van der Waals surface area contributed by atoms with E-state index in [-0.39, 0.29) is 5.91 Å². The van der Waals surface area contributed by atoms with Gasteiger partial charge in [0.05, 0.1) is 12.4 Å². The number of rotatable bonds is 8. The summed E-state index contributed by atoms with van der Waals surface area (Å²) in [7, 11) is 0. The first-order valence-electron chi connectivity index (χ1n) is 6.62. The van der Waals surface area contributed by atoms with Crippen molar-refractivity contribution in [3.8, 4) is 0 Å². The summed E-state index contributed by atoms with van der Waals surface area (Å²) in [5.74, 6) is 0.497. The van der Waals surface area contributed by atoms with Crippen LogP contribution in [0.3, 0.4) is 0 Å². The Morgan fingerprint density at radius 3 is 2.72 bits per heavy atom. The molecule has 1 amide bonds. The summed E-state index contributed by atoms with van der Waals surface area (Å²) in [4.78, 5) is 20.0. The van der Waals surface area contributed by atoms with Gasteiger partial charge in [0.25, 0.3) is 5.91 Å². The lowest BCUT2D eigenvalue weighted by atomic mass is 10.2. The third kappa shape index (κ3) is 5.12. The van der Waals surface area contributed by atoms with E-state index in [9.17, 15) is 4.79 Å². The standard InChI is InChI=1S/C13H22N4O/c1-3-5-6-8-16-13(18)11-9-14-10-12(17-11)15-7-4-2/h9-10H,3-8H2,1-2H3,(H,15,17)(H,16,18). The summed E-state index contributed by atoms with van der Waals surface area (Å²) in [6.07, 6.45) is 7.41. The molecule has 0 bridgehead atoms. The number of hydrogen-bond donors (Lipinski definition) is 2. The number of hydrogen-bond acceptors (Lipinski definition) is 4. The molecule has 0 fully saturated rings. The van der Waals surface area contributed by atoms with Crippen LogP contribution in [0.2, 0.25) is 0 Å². The van der Waals surface area contributed by atoms with Crippen molar-refractivity contribution in [3.63, 3.8) is 0 Å². The van der Waals surface area contributed by atoms with Crippen molar-refractivity contribution in [1.82, 2.24) is 15.3 Å². The van der Waals surface area contributed by atoms with Gasteiger partial charge in [-0.15, -0.1) is 0 Å². The van der Waals surface area contributed by atoms with Crippen molar-refractivity contribution in [2.75, 3.05) is 18.4 Å². The molecule has 0 spiro atoms. The van der Waals surface area contributed by atoms with Gasteiger partial charge in [-0.1, -0.05) is 26.7 Å². The van der Waals surface area contributed by atoms with Crippen LogP contribution in [0.5, 0.6) is 0 Å². The molecule has 1 heterocycles. The minimum atomic E-state index is -0.154. The molecule has 0 atom stereocenters. The highest BCUT2D eigenvalue weighted by atomic mass is 16.1. The summed E-state index contributed by atoms with van der Waals surface area (Å²) in [5, 5.41) is 5.96. The fraction of sp³-hybridized carbons (Fsp3) is 0.615. The fourth-order valence-electron chi connectivity index (χ4n) is 1.48. The highest BCUT2D eigenvalue weighted by Crippen LogP contribution is 2.02. The molecular weight excluding hydrogens is 228 g/mol. The van der Waals surface area contributed by atoms with Crippen molar-refractivity contribution in [2.45, 2.75) is 39.5 Å². The quantitative estimate of drug-likeness (QED) is 0.694. The number of carbonyl (C=O) groups is 1. The minimum Gasteiger partial charge on any atom is -0.369 e. The maximum Gasteiger partial charge on any atom is 0.271 e. The molecule has 1 rings (SSSR count). The van der Waals surface area contributed by atoms with Crippen molar-refractivity contribution < 1.29 is 4.79 Å². The molecule has 1 aromatic heterocycles. The Morgan fingerprint density at radius 1 is 1.17 bits per heavy atom. The van der Waals surface area contributed by atoms with Gasteiger partial charge >= 0.3 is 0 Å². The van der Waals surface area contributed by atoms with E-state index in [1.54, 1.807) is 6.20 Å². The van der Waals surface area contributed by atoms with Crippen LogP contribution < -0.4 is 10.6 Å². The van der Waals surface area contributed by atoms with Crippen LogP contribution in [0.1, 0.15) is 50.0 Å². The predicted octanol–water partition coefficient (Wildman–Crippen LogP) is 2.22. The average Bonchev–Trinajstić information content (AvgIpc) is 2.41. The molecule has 18 heavy (non-hydrogen) atoms. The van der Waals surface area contributed by atoms with Gasteiger partial charge in [0.15, 0.2) is 0 Å². The second kappa shape index (κ2) is 8.44. The van der Waals surface area contributed by atoms with E-state index < -0.39 is 0 Å². The third-order valence-electron chi connectivity index (χ3n) is 2.49. The summed E-state index contributed by atoms with van der Waals surface area (Å²) >= 11 is 0. The van der Waals surface area contributed by atoms with Gasteiger partial charge in [-0.2, -0.15) is 0 Å². The molecule has 5 heteroatoms. The molecule has 0 saturated heterocycles. The van der Waals surface area contributed by atoms with Crippen LogP contribution in [0.4, 0.5) is 5.82 Å². The number of anilines is 1. The summed E-state index contributed by atoms with van der Waals surface area (Å²) in [6.45, 7) is 5.73. The van der Waals surface area contributed by atoms with Crippen LogP contribution >= 0.6 is 0 Å². The van der Waals surface area contributed by atoms with Gasteiger partial charge in [-0.05, 0) is 12.8 Å². The molecule has 0 unspecified atom stereocenters. The van der Waals surface area contributed by atoms with E-state index in [2.05, 4.69) is 34.4 Å². The molecule has 0 aromatic carbocycles. The predicted molar refractivity (Wildman–Crippen MR) is 72.7 cm³/mol. The van der Waals surface area contributed by atoms with E-state index in [0.29, 0.717) is 18.1 Å². The smallest absolute Gasteiger partial charge is 0.271 e. The monoisotopic (exact) mass is 250 g/mol. The number of aromatic nitrogens is 2. The Hall–Kier alpha value is -1.65. The average molecular weight is 250 g/mol. The Labute approximate surface area is 108 Å². The molecule has 100 valence electrons. The molecule has 5 nitrogen and oxygen atoms in total. The Morgan fingerprint density at radius 2 is 2.00 bits per heavy atom. The van der Waals surface area contributed by atoms with Crippen LogP contribution in [-0.4, -0.2) is 29.0 Å². The number of amides is 1. The summed E-state index contributed by atoms with van der Waals surface area (Å²) < 4.78 is 0. The lowest BCUT2D eigenvalue weighted by Crippen LogP contribution is -2.25. The van der Waals surface area contributed by atoms with E-state index in [0.717, 1.165) is 32.2 Å². The van der Waals surface area contributed by atoms with Crippen LogP contribution in [-0.2, 0) is 0 Å². The first-order valence-corrected chi connectivity index (χ1v) is 6.62. The Bertz CT molecular complexity index is 368. The second-order valence-electron chi connectivity index (χ2n) is 4.18. The largest absolute Gasteiger partial charge is 0.369 e. The molecule has 0 aliphatic heterocycles. The second-order valence-corrected chi connectivity index (χ2v) is 4.18. The highest BCUT2D eigenvalue weighted by Gasteiger charge is 2.07. The normalized spacial score (nSPS) is 10.1. The molecule has 0 aliphatic rings. The molecular formula is C13H22N4O. The van der Waals surface area contributed by atoms with E-state index in [4.69, 9.17) is 0 Å². The molecule has 1 aromatic rings. The van der Waals surface area contributed by atoms with Gasteiger partial charge < -0.3 is 10.6 Å². The first-order chi connectivity index (χ1) is 8.77. The van der Waals surface area contributed by atoms with Crippen molar-refractivity contribution in [3.05, 3.63) is 18.1 Å². The number of nitrogens with zero attached hydrogens (tertiary/aromatic N) is 2. The summed E-state index contributed by atoms with van der Waals surface area (Å²) in [5.41, 5.74) is 0.368. The van der Waals surface area contributed by atoms with E-state index >= 15 is 0 Å². The zero-order valence-electron chi connectivity index (χ0n) is 11.2. The van der Waals surface area contributed by atoms with Crippen LogP contribution in [0, 0.1) is 0 Å². The van der Waals surface area contributed by atoms with E-state index in [1.165, 1.54) is 6.20 Å². The zero-order valence-corrected chi connectivity index (χ0v) is 11.2. The lowest BCUT2D eigenvalue weighted by Gasteiger charge is -2.06. The van der Waals surface area contributed by atoms with Gasteiger partial charge in [-0.25, -0.2) is 4.98 Å². The van der Waals surface area contributed by atoms with Crippen LogP contribution in [0.15, 0.2) is 12.4 Å². The van der Waals surface area contributed by atoms with Crippen molar-refractivity contribution in [1.29, 1.82) is 0 Å². The lowest BCUT2D eigenvalue weighted by molar-refractivity contribution is 0.0947. The Kier molecular flexibility index (Phi) is 6.76. The summed E-state index contributed by atoms with van der Waals surface area (Å²) in [6, 6.07) is 0. The topological polar surface area (TPSA) is 66.9 Å². The number of carbonyl (C=O) groups excluding carboxylic acids is 1. The number of nitrogens with one attached hydrogen (secondary N) is 2. The zero-order chi connectivity index (χ0) is 13.2. The SMILES string of the molecule is CCCCCNC(=O)c1cncc(NCCC)n1. The van der Waals surface area contributed by atoms with Gasteiger partial charge in [0.1, 0.15) is 11.5 Å². The van der Waals surface area contributed by atoms with E-state index in [1.807, 2.05) is 0 Å². The first kappa shape index (κ1) is 14.4. The Balaban J connectivity index is 2.46. The molecule has 2 N–H and O–H groups in total. The molecule has 0 aliphatic carbocycles. The van der Waals surface area contributed by atoms with Crippen molar-refractivity contribution in [2.24, 2.45) is 0 Å². The van der Waals surface area contributed by atoms with Gasteiger partial charge in [0.2, 0.25) is 0 Å². The van der Waals surface area contributed by atoms with Gasteiger partial charge in [-0.3, -0.25) is 9.78 Å². The molecule has 0 saturated carbocycles. The van der Waals surface area contributed by atoms with Crippen LogP contribution in [0.25, 0.3) is 0 Å². The van der Waals surface area contributed by atoms with Gasteiger partial charge in [0, 0.05) is 13.1 Å². The maximum atomic E-state index is 11.8. The fourth-order valence-corrected chi connectivity index (χ4v) is 1.48. The molecule has 0 radical (unpaired) electrons. The minimum absolute atomic E-state index is 0.154.